The quantitative estimate of drug-likeness (QED) is 0.766. The summed E-state index contributed by atoms with van der Waals surface area (Å²) in [6, 6.07) is 6.74. The molecule has 0 aliphatic rings. The van der Waals surface area contributed by atoms with Crippen molar-refractivity contribution in [1.29, 1.82) is 0 Å². The summed E-state index contributed by atoms with van der Waals surface area (Å²) in [6.07, 6.45) is 3.75. The van der Waals surface area contributed by atoms with Gasteiger partial charge in [-0.15, -0.1) is 6.58 Å². The zero-order chi connectivity index (χ0) is 17.7. The Balaban J connectivity index is 2.57. The molecule has 1 aromatic carbocycles. The molecule has 0 fully saturated rings. The van der Waals surface area contributed by atoms with Crippen molar-refractivity contribution < 1.29 is 14.6 Å². The molecule has 0 aliphatic carbocycles. The maximum atomic E-state index is 11.7. The molecule has 1 aromatic heterocycles. The van der Waals surface area contributed by atoms with Crippen molar-refractivity contribution in [2.75, 3.05) is 7.11 Å². The number of aromatic hydroxyl groups is 1. The van der Waals surface area contributed by atoms with Gasteiger partial charge in [-0.25, -0.2) is 4.98 Å². The van der Waals surface area contributed by atoms with E-state index in [1.807, 2.05) is 19.1 Å². The molecule has 0 bridgehead atoms. The Morgan fingerprint density at radius 3 is 2.79 bits per heavy atom. The highest BCUT2D eigenvalue weighted by Gasteiger charge is 2.18. The van der Waals surface area contributed by atoms with Gasteiger partial charge in [0, 0.05) is 28.8 Å². The van der Waals surface area contributed by atoms with Crippen molar-refractivity contribution in [3.63, 3.8) is 0 Å². The Morgan fingerprint density at radius 2 is 2.17 bits per heavy atom. The Hall–Kier alpha value is -2.82. The molecule has 0 radical (unpaired) electrons. The number of ether oxygens (including phenoxy) is 1. The predicted molar refractivity (Wildman–Crippen MR) is 93.5 cm³/mol. The van der Waals surface area contributed by atoms with Crippen molar-refractivity contribution in [2.45, 2.75) is 26.2 Å². The number of primary amides is 1. The molecule has 24 heavy (non-hydrogen) atoms. The van der Waals surface area contributed by atoms with E-state index in [1.165, 1.54) is 0 Å². The molecule has 0 atom stereocenters. The van der Waals surface area contributed by atoms with Crippen LogP contribution in [0, 0.1) is 6.92 Å². The Kier molecular flexibility index (Phi) is 5.58. The van der Waals surface area contributed by atoms with E-state index in [9.17, 15) is 9.90 Å². The molecule has 3 N–H and O–H groups in total. The minimum atomic E-state index is -0.576. The van der Waals surface area contributed by atoms with E-state index in [2.05, 4.69) is 11.6 Å². The fourth-order valence-corrected chi connectivity index (χ4v) is 2.74. The number of nitrogens with zero attached hydrogens (tertiary/aromatic N) is 1. The second kappa shape index (κ2) is 7.64. The molecule has 1 amide bonds. The number of hydrogen-bond donors (Lipinski definition) is 2. The number of pyridine rings is 1. The normalized spacial score (nSPS) is 10.4. The molecule has 5 nitrogen and oxygen atoms in total. The third kappa shape index (κ3) is 3.74. The van der Waals surface area contributed by atoms with Crippen LogP contribution in [0.25, 0.3) is 0 Å². The number of methoxy groups -OCH3 is 1. The molecule has 0 saturated carbocycles. The topological polar surface area (TPSA) is 85.4 Å². The summed E-state index contributed by atoms with van der Waals surface area (Å²) in [7, 11) is 1.56. The Labute approximate surface area is 141 Å². The van der Waals surface area contributed by atoms with Gasteiger partial charge in [0.2, 0.25) is 11.8 Å². The van der Waals surface area contributed by atoms with E-state index < -0.39 is 5.91 Å². The maximum Gasteiger partial charge on any atom is 0.249 e. The highest BCUT2D eigenvalue weighted by Crippen LogP contribution is 2.30. The highest BCUT2D eigenvalue weighted by atomic mass is 16.5. The van der Waals surface area contributed by atoms with Crippen molar-refractivity contribution in [3.05, 3.63) is 64.9 Å². The van der Waals surface area contributed by atoms with Gasteiger partial charge in [0.25, 0.3) is 0 Å². The fourth-order valence-electron chi connectivity index (χ4n) is 2.74. The third-order valence-corrected chi connectivity index (χ3v) is 3.89. The largest absolute Gasteiger partial charge is 0.508 e. The van der Waals surface area contributed by atoms with Crippen LogP contribution in [0.5, 0.6) is 11.6 Å². The molecule has 1 heterocycles. The minimum absolute atomic E-state index is 0.0311. The zero-order valence-electron chi connectivity index (χ0n) is 14.0. The molecule has 0 spiro atoms. The summed E-state index contributed by atoms with van der Waals surface area (Å²) in [6.45, 7) is 5.66. The summed E-state index contributed by atoms with van der Waals surface area (Å²) in [5.41, 5.74) is 8.96. The number of allylic oxidation sites excluding steroid dienone is 1. The number of aryl methyl sites for hydroxylation is 2. The lowest BCUT2D eigenvalue weighted by molar-refractivity contribution is 0.0999. The van der Waals surface area contributed by atoms with Crippen LogP contribution in [0.1, 0.15) is 39.2 Å². The minimum Gasteiger partial charge on any atom is -0.508 e. The number of carbonyl (C=O) groups is 1. The zero-order valence-corrected chi connectivity index (χ0v) is 14.0. The van der Waals surface area contributed by atoms with Crippen molar-refractivity contribution in [3.8, 4) is 11.6 Å². The number of hydrogen-bond acceptors (Lipinski definition) is 4. The first-order valence-corrected chi connectivity index (χ1v) is 7.72. The molecular formula is C19H22N2O3. The van der Waals surface area contributed by atoms with E-state index >= 15 is 0 Å². The fraction of sp³-hybridized carbons (Fsp3) is 0.263. The van der Waals surface area contributed by atoms with Gasteiger partial charge in [0.1, 0.15) is 5.75 Å². The van der Waals surface area contributed by atoms with Gasteiger partial charge >= 0.3 is 0 Å². The molecule has 2 aromatic rings. The lowest BCUT2D eigenvalue weighted by Gasteiger charge is -2.16. The van der Waals surface area contributed by atoms with Gasteiger partial charge < -0.3 is 15.6 Å². The van der Waals surface area contributed by atoms with Crippen LogP contribution in [0.15, 0.2) is 36.9 Å². The number of aromatic nitrogens is 1. The van der Waals surface area contributed by atoms with Gasteiger partial charge in [-0.1, -0.05) is 12.1 Å². The number of amides is 1. The molecule has 0 saturated heterocycles. The van der Waals surface area contributed by atoms with E-state index in [0.29, 0.717) is 23.4 Å². The molecule has 0 aliphatic heterocycles. The lowest BCUT2D eigenvalue weighted by atomic mass is 9.94. The van der Waals surface area contributed by atoms with Crippen LogP contribution >= 0.6 is 0 Å². The Morgan fingerprint density at radius 1 is 1.42 bits per heavy atom. The Bertz CT molecular complexity index is 769. The first-order valence-electron chi connectivity index (χ1n) is 7.72. The number of rotatable bonds is 7. The van der Waals surface area contributed by atoms with Crippen LogP contribution in [-0.2, 0) is 12.8 Å². The van der Waals surface area contributed by atoms with Gasteiger partial charge in [0.05, 0.1) is 7.11 Å². The van der Waals surface area contributed by atoms with Crippen LogP contribution in [-0.4, -0.2) is 23.1 Å². The van der Waals surface area contributed by atoms with Crippen LogP contribution in [0.4, 0.5) is 0 Å². The second-order valence-corrected chi connectivity index (χ2v) is 5.58. The second-order valence-electron chi connectivity index (χ2n) is 5.58. The van der Waals surface area contributed by atoms with E-state index in [-0.39, 0.29) is 5.75 Å². The molecule has 2 rings (SSSR count). The average Bonchev–Trinajstić information content (AvgIpc) is 2.55. The first-order chi connectivity index (χ1) is 11.5. The summed E-state index contributed by atoms with van der Waals surface area (Å²) >= 11 is 0. The number of nitrogens with two attached hydrogens (primary N) is 1. The summed E-state index contributed by atoms with van der Waals surface area (Å²) in [5, 5.41) is 10.2. The van der Waals surface area contributed by atoms with Crippen LogP contribution < -0.4 is 10.5 Å². The van der Waals surface area contributed by atoms with E-state index in [4.69, 9.17) is 10.5 Å². The summed E-state index contributed by atoms with van der Waals surface area (Å²) in [5.74, 6) is -0.0519. The van der Waals surface area contributed by atoms with Crippen molar-refractivity contribution >= 4 is 5.91 Å². The van der Waals surface area contributed by atoms with Gasteiger partial charge in [-0.05, 0) is 43.5 Å². The molecule has 5 heteroatoms. The standard InChI is InChI=1S/C19H22N2O3/c1-4-5-7-13-10-12(2)21-19(24-3)15(13)11-16-14(18(20)23)8-6-9-17(16)22/h4,6,8-10,22H,1,5,7,11H2,2-3H3,(H2,20,23). The molecule has 0 unspecified atom stereocenters. The average molecular weight is 326 g/mol. The van der Waals surface area contributed by atoms with Crippen LogP contribution in [0.3, 0.4) is 0 Å². The predicted octanol–water partition coefficient (Wildman–Crippen LogP) is 2.91. The molecule has 126 valence electrons. The van der Waals surface area contributed by atoms with Crippen LogP contribution in [0.2, 0.25) is 0 Å². The number of benzene rings is 1. The summed E-state index contributed by atoms with van der Waals surface area (Å²) in [4.78, 5) is 16.1. The van der Waals surface area contributed by atoms with E-state index in [1.54, 1.807) is 25.3 Å². The third-order valence-electron chi connectivity index (χ3n) is 3.89. The van der Waals surface area contributed by atoms with Gasteiger partial charge in [0.15, 0.2) is 0 Å². The van der Waals surface area contributed by atoms with Gasteiger partial charge in [-0.3, -0.25) is 4.79 Å². The lowest BCUT2D eigenvalue weighted by Crippen LogP contribution is -2.14. The number of phenolic OH excluding ortho intramolecular Hbond substituents is 1. The molecular weight excluding hydrogens is 304 g/mol. The first kappa shape index (κ1) is 17.5. The number of carbonyl (C=O) groups excluding carboxylic acids is 1. The highest BCUT2D eigenvalue weighted by molar-refractivity contribution is 5.95. The monoisotopic (exact) mass is 326 g/mol. The maximum absolute atomic E-state index is 11.7. The van der Waals surface area contributed by atoms with Crippen molar-refractivity contribution in [2.24, 2.45) is 5.73 Å². The smallest absolute Gasteiger partial charge is 0.249 e. The number of phenols is 1. The van der Waals surface area contributed by atoms with Gasteiger partial charge in [-0.2, -0.15) is 0 Å². The van der Waals surface area contributed by atoms with Crippen molar-refractivity contribution in [1.82, 2.24) is 4.98 Å². The summed E-state index contributed by atoms with van der Waals surface area (Å²) < 4.78 is 5.42. The SMILES string of the molecule is C=CCCc1cc(C)nc(OC)c1Cc1c(O)cccc1C(N)=O. The van der Waals surface area contributed by atoms with E-state index in [0.717, 1.165) is 29.7 Å².